The molecule has 0 atom stereocenters. The summed E-state index contributed by atoms with van der Waals surface area (Å²) in [5, 5.41) is 0. The summed E-state index contributed by atoms with van der Waals surface area (Å²) >= 11 is 0. The van der Waals surface area contributed by atoms with Gasteiger partial charge in [-0.25, -0.2) is 4.79 Å². The number of methoxy groups -OCH3 is 1. The zero-order valence-electron chi connectivity index (χ0n) is 15.7. The van der Waals surface area contributed by atoms with Crippen molar-refractivity contribution in [2.45, 2.75) is 26.2 Å². The molecule has 2 aromatic carbocycles. The summed E-state index contributed by atoms with van der Waals surface area (Å²) in [5.74, 6) is 0.136. The topological polar surface area (TPSA) is 78.6 Å². The Morgan fingerprint density at radius 2 is 1.52 bits per heavy atom. The molecule has 0 heterocycles. The molecule has 2 aromatic rings. The van der Waals surface area contributed by atoms with Crippen LogP contribution in [0.5, 0.6) is 5.75 Å². The summed E-state index contributed by atoms with van der Waals surface area (Å²) in [6, 6.07) is 13.6. The van der Waals surface area contributed by atoms with Crippen LogP contribution in [0.1, 0.15) is 52.5 Å². The third-order valence-corrected chi connectivity index (χ3v) is 4.08. The van der Waals surface area contributed by atoms with Crippen LogP contribution in [-0.2, 0) is 4.74 Å². The van der Waals surface area contributed by atoms with Crippen LogP contribution in [0.25, 0.3) is 5.70 Å². The van der Waals surface area contributed by atoms with Gasteiger partial charge in [-0.1, -0.05) is 31.9 Å². The third kappa shape index (κ3) is 5.99. The van der Waals surface area contributed by atoms with Crippen molar-refractivity contribution in [3.8, 4) is 5.75 Å². The second-order valence-electron chi connectivity index (χ2n) is 6.11. The van der Waals surface area contributed by atoms with Crippen LogP contribution in [-0.4, -0.2) is 25.5 Å². The van der Waals surface area contributed by atoms with Gasteiger partial charge >= 0.3 is 5.97 Å². The minimum atomic E-state index is -0.419. The summed E-state index contributed by atoms with van der Waals surface area (Å²) < 4.78 is 10.3. The first-order chi connectivity index (χ1) is 13.0. The number of allylic oxidation sites excluding steroid dienone is 1. The number of carbonyl (C=O) groups excluding carboxylic acids is 2. The van der Waals surface area contributed by atoms with Crippen LogP contribution in [0.4, 0.5) is 0 Å². The Balaban J connectivity index is 2.01. The first-order valence-corrected chi connectivity index (χ1v) is 8.98. The van der Waals surface area contributed by atoms with Crippen LogP contribution in [0.2, 0.25) is 0 Å². The Kier molecular flexibility index (Phi) is 7.62. The Bertz CT molecular complexity index is 792. The molecule has 142 valence electrons. The van der Waals surface area contributed by atoms with Gasteiger partial charge in [-0.05, 0) is 48.4 Å². The Hall–Kier alpha value is -3.08. The molecule has 0 aliphatic rings. The highest BCUT2D eigenvalue weighted by atomic mass is 16.5. The normalized spacial score (nSPS) is 11.1. The fraction of sp³-hybridized carbons (Fsp3) is 0.273. The molecule has 0 fully saturated rings. The maximum absolute atomic E-state index is 12.4. The summed E-state index contributed by atoms with van der Waals surface area (Å²) in [5.41, 5.74) is 7.96. The predicted molar refractivity (Wildman–Crippen MR) is 106 cm³/mol. The summed E-state index contributed by atoms with van der Waals surface area (Å²) in [6.45, 7) is 2.82. The molecule has 2 N–H and O–H groups in total. The van der Waals surface area contributed by atoms with E-state index >= 15 is 0 Å². The average molecular weight is 367 g/mol. The number of carbonyl (C=O) groups is 2. The van der Waals surface area contributed by atoms with E-state index < -0.39 is 5.97 Å². The number of rotatable bonds is 9. The molecule has 0 spiro atoms. The molecule has 0 radical (unpaired) electrons. The van der Waals surface area contributed by atoms with Gasteiger partial charge in [-0.15, -0.1) is 0 Å². The van der Waals surface area contributed by atoms with Gasteiger partial charge in [0, 0.05) is 17.3 Å². The van der Waals surface area contributed by atoms with E-state index in [1.54, 1.807) is 48.5 Å². The van der Waals surface area contributed by atoms with Crippen LogP contribution in [0.3, 0.4) is 0 Å². The van der Waals surface area contributed by atoms with E-state index in [0.29, 0.717) is 29.0 Å². The third-order valence-electron chi connectivity index (χ3n) is 4.08. The molecule has 0 aliphatic carbocycles. The molecular weight excluding hydrogens is 342 g/mol. The average Bonchev–Trinajstić information content (AvgIpc) is 2.71. The minimum Gasteiger partial charge on any atom is -0.494 e. The van der Waals surface area contributed by atoms with E-state index in [-0.39, 0.29) is 5.78 Å². The highest BCUT2D eigenvalue weighted by Crippen LogP contribution is 2.16. The number of benzene rings is 2. The molecule has 5 heteroatoms. The fourth-order valence-electron chi connectivity index (χ4n) is 2.48. The molecule has 0 saturated heterocycles. The summed E-state index contributed by atoms with van der Waals surface area (Å²) in [7, 11) is 1.32. The fourth-order valence-corrected chi connectivity index (χ4v) is 2.48. The maximum atomic E-state index is 12.4. The number of ketones is 1. The molecular formula is C22H25NO4. The van der Waals surface area contributed by atoms with Gasteiger partial charge in [0.15, 0.2) is 5.78 Å². The van der Waals surface area contributed by atoms with Gasteiger partial charge in [0.05, 0.1) is 19.3 Å². The molecule has 5 nitrogen and oxygen atoms in total. The number of nitrogens with two attached hydrogens (primary N) is 1. The standard InChI is InChI=1S/C22H25NO4/c1-3-4-5-14-27-19-12-10-17(11-13-19)21(24)15-20(23)16-6-8-18(9-7-16)22(25)26-2/h6-13,15H,3-5,14,23H2,1-2H3/b20-15-. The van der Waals surface area contributed by atoms with Crippen molar-refractivity contribution in [2.24, 2.45) is 5.73 Å². The van der Waals surface area contributed by atoms with Gasteiger partial charge in [0.2, 0.25) is 0 Å². The zero-order chi connectivity index (χ0) is 19.6. The van der Waals surface area contributed by atoms with Gasteiger partial charge < -0.3 is 15.2 Å². The van der Waals surface area contributed by atoms with Crippen molar-refractivity contribution >= 4 is 17.4 Å². The van der Waals surface area contributed by atoms with Gasteiger partial charge in [-0.2, -0.15) is 0 Å². The van der Waals surface area contributed by atoms with Crippen LogP contribution in [0, 0.1) is 0 Å². The highest BCUT2D eigenvalue weighted by Gasteiger charge is 2.08. The summed E-state index contributed by atoms with van der Waals surface area (Å²) in [6.07, 6.45) is 4.69. The quantitative estimate of drug-likeness (QED) is 0.311. The number of hydrogen-bond donors (Lipinski definition) is 1. The monoisotopic (exact) mass is 367 g/mol. The molecule has 27 heavy (non-hydrogen) atoms. The number of esters is 1. The lowest BCUT2D eigenvalue weighted by molar-refractivity contribution is 0.0600. The molecule has 0 amide bonds. The lowest BCUT2D eigenvalue weighted by atomic mass is 10.1. The summed E-state index contributed by atoms with van der Waals surface area (Å²) in [4.78, 5) is 23.8. The first kappa shape index (κ1) is 20.2. The van der Waals surface area contributed by atoms with Crippen molar-refractivity contribution in [2.75, 3.05) is 13.7 Å². The van der Waals surface area contributed by atoms with E-state index in [1.807, 2.05) is 0 Å². The highest BCUT2D eigenvalue weighted by molar-refractivity contribution is 6.08. The maximum Gasteiger partial charge on any atom is 0.337 e. The minimum absolute atomic E-state index is 0.193. The SMILES string of the molecule is CCCCCOc1ccc(C(=O)/C=C(\N)c2ccc(C(=O)OC)cc2)cc1. The van der Waals surface area contributed by atoms with Crippen molar-refractivity contribution in [3.05, 3.63) is 71.3 Å². The molecule has 0 bridgehead atoms. The lowest BCUT2D eigenvalue weighted by Crippen LogP contribution is -2.04. The number of ether oxygens (including phenoxy) is 2. The van der Waals surface area contributed by atoms with E-state index in [2.05, 4.69) is 11.7 Å². The van der Waals surface area contributed by atoms with E-state index in [9.17, 15) is 9.59 Å². The predicted octanol–water partition coefficient (Wildman–Crippen LogP) is 4.22. The molecule has 0 saturated carbocycles. The first-order valence-electron chi connectivity index (χ1n) is 8.98. The van der Waals surface area contributed by atoms with Crippen LogP contribution >= 0.6 is 0 Å². The second kappa shape index (κ2) is 10.2. The van der Waals surface area contributed by atoms with E-state index in [0.717, 1.165) is 25.0 Å². The smallest absolute Gasteiger partial charge is 0.337 e. The molecule has 0 aliphatic heterocycles. The van der Waals surface area contributed by atoms with E-state index in [1.165, 1.54) is 13.2 Å². The van der Waals surface area contributed by atoms with Gasteiger partial charge in [0.1, 0.15) is 5.75 Å². The van der Waals surface area contributed by atoms with Crippen molar-refractivity contribution < 1.29 is 19.1 Å². The number of hydrogen-bond acceptors (Lipinski definition) is 5. The Morgan fingerprint density at radius 1 is 0.926 bits per heavy atom. The number of unbranched alkanes of at least 4 members (excludes halogenated alkanes) is 2. The van der Waals surface area contributed by atoms with Crippen molar-refractivity contribution in [1.82, 2.24) is 0 Å². The van der Waals surface area contributed by atoms with E-state index in [4.69, 9.17) is 10.5 Å². The molecule has 0 unspecified atom stereocenters. The zero-order valence-corrected chi connectivity index (χ0v) is 15.7. The molecule has 2 rings (SSSR count). The largest absolute Gasteiger partial charge is 0.494 e. The van der Waals surface area contributed by atoms with Crippen LogP contribution in [0.15, 0.2) is 54.6 Å². The Labute approximate surface area is 159 Å². The second-order valence-corrected chi connectivity index (χ2v) is 6.11. The van der Waals surface area contributed by atoms with Crippen LogP contribution < -0.4 is 10.5 Å². The van der Waals surface area contributed by atoms with Crippen molar-refractivity contribution in [1.29, 1.82) is 0 Å². The van der Waals surface area contributed by atoms with Gasteiger partial charge in [-0.3, -0.25) is 4.79 Å². The van der Waals surface area contributed by atoms with Gasteiger partial charge in [0.25, 0.3) is 0 Å². The Morgan fingerprint density at radius 3 is 2.11 bits per heavy atom. The molecule has 0 aromatic heterocycles. The lowest BCUT2D eigenvalue weighted by Gasteiger charge is -2.06. The van der Waals surface area contributed by atoms with Crippen molar-refractivity contribution in [3.63, 3.8) is 0 Å².